The van der Waals surface area contributed by atoms with Crippen LogP contribution in [0.1, 0.15) is 6.42 Å². The van der Waals surface area contributed by atoms with Gasteiger partial charge in [-0.2, -0.15) is 4.72 Å². The summed E-state index contributed by atoms with van der Waals surface area (Å²) in [5.41, 5.74) is 0. The fraction of sp³-hybridized carbons (Fsp3) is 0.300. The van der Waals surface area contributed by atoms with Gasteiger partial charge in [-0.3, -0.25) is 4.79 Å². The quantitative estimate of drug-likeness (QED) is 0.673. The minimum Gasteiger partial charge on any atom is -0.480 e. The van der Waals surface area contributed by atoms with Crippen molar-refractivity contribution >= 4 is 39.2 Å². The van der Waals surface area contributed by atoms with E-state index >= 15 is 0 Å². The average molecular weight is 346 g/mol. The fourth-order valence-electron chi connectivity index (χ4n) is 1.33. The first-order valence-electron chi connectivity index (χ1n) is 5.20. The molecule has 1 unspecified atom stereocenters. The molecule has 112 valence electrons. The highest BCUT2D eigenvalue weighted by molar-refractivity contribution is 7.89. The molecule has 0 bridgehead atoms. The lowest BCUT2D eigenvalue weighted by molar-refractivity contribution is -0.139. The molecule has 0 heterocycles. The van der Waals surface area contributed by atoms with Gasteiger partial charge >= 0.3 is 5.97 Å². The van der Waals surface area contributed by atoms with Crippen molar-refractivity contribution in [1.82, 2.24) is 4.72 Å². The Kier molecular flexibility index (Phi) is 5.72. The number of halogens is 3. The Balaban J connectivity index is 3.17. The number of aliphatic hydroxyl groups is 1. The Bertz CT molecular complexity index is 622. The van der Waals surface area contributed by atoms with E-state index in [-0.39, 0.29) is 11.4 Å². The lowest BCUT2D eigenvalue weighted by Gasteiger charge is -2.14. The number of benzene rings is 1. The predicted octanol–water partition coefficient (Wildman–Crippen LogP) is 1.25. The Labute approximate surface area is 124 Å². The van der Waals surface area contributed by atoms with Crippen molar-refractivity contribution in [2.24, 2.45) is 0 Å². The van der Waals surface area contributed by atoms with Gasteiger partial charge in [-0.05, 0) is 18.6 Å². The van der Waals surface area contributed by atoms with E-state index in [1.807, 2.05) is 4.72 Å². The normalized spacial score (nSPS) is 13.2. The van der Waals surface area contributed by atoms with Gasteiger partial charge in [-0.1, -0.05) is 23.2 Å². The highest BCUT2D eigenvalue weighted by Gasteiger charge is 2.28. The van der Waals surface area contributed by atoms with E-state index in [1.165, 1.54) is 0 Å². The summed E-state index contributed by atoms with van der Waals surface area (Å²) in [6.45, 7) is -0.539. The molecular weight excluding hydrogens is 336 g/mol. The second kappa shape index (κ2) is 6.68. The standard InChI is InChI=1S/C10H10Cl2FNO5S/c11-5-1-2-7(8(12)9(5)13)20(18,19)14-6(3-4-15)10(16)17/h1-2,6,14-15H,3-4H2,(H,16,17). The Hall–Kier alpha value is -0.930. The minimum absolute atomic E-state index is 0.345. The molecule has 0 saturated carbocycles. The summed E-state index contributed by atoms with van der Waals surface area (Å²) in [4.78, 5) is 10.2. The summed E-state index contributed by atoms with van der Waals surface area (Å²) < 4.78 is 39.2. The molecular formula is C10H10Cl2FNO5S. The van der Waals surface area contributed by atoms with E-state index in [0.717, 1.165) is 12.1 Å². The van der Waals surface area contributed by atoms with Crippen LogP contribution in [0.5, 0.6) is 0 Å². The van der Waals surface area contributed by atoms with Crippen molar-refractivity contribution in [1.29, 1.82) is 0 Å². The number of hydrogen-bond donors (Lipinski definition) is 3. The molecule has 0 fully saturated rings. The molecule has 0 aliphatic carbocycles. The van der Waals surface area contributed by atoms with Gasteiger partial charge in [0.25, 0.3) is 0 Å². The number of carboxylic acid groups (broad SMARTS) is 1. The Morgan fingerprint density at radius 1 is 1.40 bits per heavy atom. The van der Waals surface area contributed by atoms with E-state index in [4.69, 9.17) is 33.4 Å². The molecule has 20 heavy (non-hydrogen) atoms. The molecule has 0 spiro atoms. The fourth-order valence-corrected chi connectivity index (χ4v) is 3.30. The van der Waals surface area contributed by atoms with Gasteiger partial charge in [0.05, 0.1) is 10.0 Å². The molecule has 3 N–H and O–H groups in total. The van der Waals surface area contributed by atoms with E-state index in [0.29, 0.717) is 0 Å². The largest absolute Gasteiger partial charge is 0.480 e. The molecule has 1 rings (SSSR count). The lowest BCUT2D eigenvalue weighted by atomic mass is 10.2. The van der Waals surface area contributed by atoms with Gasteiger partial charge in [0, 0.05) is 6.61 Å². The van der Waals surface area contributed by atoms with Crippen molar-refractivity contribution < 1.29 is 27.8 Å². The number of nitrogens with one attached hydrogen (secondary N) is 1. The minimum atomic E-state index is -4.37. The zero-order valence-corrected chi connectivity index (χ0v) is 12.1. The molecule has 0 aromatic heterocycles. The van der Waals surface area contributed by atoms with Crippen molar-refractivity contribution in [3.63, 3.8) is 0 Å². The molecule has 0 radical (unpaired) electrons. The molecule has 6 nitrogen and oxygen atoms in total. The first-order chi connectivity index (χ1) is 9.20. The molecule has 1 aromatic carbocycles. The zero-order chi connectivity index (χ0) is 15.5. The Morgan fingerprint density at radius 3 is 2.50 bits per heavy atom. The van der Waals surface area contributed by atoms with Gasteiger partial charge < -0.3 is 10.2 Å². The monoisotopic (exact) mass is 345 g/mol. The lowest BCUT2D eigenvalue weighted by Crippen LogP contribution is -2.41. The van der Waals surface area contributed by atoms with Crippen LogP contribution in [0.25, 0.3) is 0 Å². The van der Waals surface area contributed by atoms with Crippen molar-refractivity contribution in [3.05, 3.63) is 28.0 Å². The average Bonchev–Trinajstić information content (AvgIpc) is 2.34. The van der Waals surface area contributed by atoms with Gasteiger partial charge in [0.1, 0.15) is 10.9 Å². The zero-order valence-electron chi connectivity index (χ0n) is 9.81. The third kappa shape index (κ3) is 3.80. The number of aliphatic hydroxyl groups excluding tert-OH is 1. The molecule has 0 aliphatic heterocycles. The van der Waals surface area contributed by atoms with Crippen LogP contribution in [0, 0.1) is 5.82 Å². The molecule has 0 saturated heterocycles. The van der Waals surface area contributed by atoms with Crippen molar-refractivity contribution in [2.75, 3.05) is 6.61 Å². The van der Waals surface area contributed by atoms with Crippen LogP contribution in [-0.4, -0.2) is 37.2 Å². The van der Waals surface area contributed by atoms with Crippen molar-refractivity contribution in [2.45, 2.75) is 17.4 Å². The summed E-state index contributed by atoms with van der Waals surface area (Å²) >= 11 is 11.0. The molecule has 1 aromatic rings. The SMILES string of the molecule is O=C(O)C(CCO)NS(=O)(=O)c1ccc(Cl)c(F)c1Cl. The van der Waals surface area contributed by atoms with Gasteiger partial charge in [-0.15, -0.1) is 0 Å². The second-order valence-corrected chi connectivity index (χ2v) is 6.17. The molecule has 10 heteroatoms. The predicted molar refractivity (Wildman–Crippen MR) is 69.9 cm³/mol. The van der Waals surface area contributed by atoms with Crippen LogP contribution in [0.4, 0.5) is 4.39 Å². The first kappa shape index (κ1) is 17.1. The van der Waals surface area contributed by atoms with Crippen LogP contribution in [0.15, 0.2) is 17.0 Å². The number of hydrogen-bond acceptors (Lipinski definition) is 4. The van der Waals surface area contributed by atoms with Crippen LogP contribution >= 0.6 is 23.2 Å². The van der Waals surface area contributed by atoms with Crippen molar-refractivity contribution in [3.8, 4) is 0 Å². The van der Waals surface area contributed by atoms with E-state index in [1.54, 1.807) is 0 Å². The highest BCUT2D eigenvalue weighted by atomic mass is 35.5. The smallest absolute Gasteiger partial charge is 0.321 e. The second-order valence-electron chi connectivity index (χ2n) is 3.70. The maximum Gasteiger partial charge on any atom is 0.321 e. The Morgan fingerprint density at radius 2 is 2.00 bits per heavy atom. The number of carboxylic acids is 1. The van der Waals surface area contributed by atoms with Gasteiger partial charge in [-0.25, -0.2) is 12.8 Å². The molecule has 0 amide bonds. The van der Waals surface area contributed by atoms with E-state index < -0.39 is 44.4 Å². The molecule has 0 aliphatic rings. The summed E-state index contributed by atoms with van der Waals surface area (Å²) in [7, 11) is -4.37. The summed E-state index contributed by atoms with van der Waals surface area (Å²) in [5.74, 6) is -2.60. The number of sulfonamides is 1. The summed E-state index contributed by atoms with van der Waals surface area (Å²) in [5, 5.41) is 16.4. The van der Waals surface area contributed by atoms with E-state index in [2.05, 4.69) is 0 Å². The van der Waals surface area contributed by atoms with Gasteiger partial charge in [0.2, 0.25) is 10.0 Å². The van der Waals surface area contributed by atoms with Crippen LogP contribution < -0.4 is 4.72 Å². The van der Waals surface area contributed by atoms with E-state index in [9.17, 15) is 17.6 Å². The maximum absolute atomic E-state index is 13.5. The number of carbonyl (C=O) groups is 1. The maximum atomic E-state index is 13.5. The van der Waals surface area contributed by atoms with Crippen LogP contribution in [0.3, 0.4) is 0 Å². The first-order valence-corrected chi connectivity index (χ1v) is 7.44. The van der Waals surface area contributed by atoms with Crippen LogP contribution in [-0.2, 0) is 14.8 Å². The van der Waals surface area contributed by atoms with Gasteiger partial charge in [0.15, 0.2) is 5.82 Å². The van der Waals surface area contributed by atoms with Crippen LogP contribution in [0.2, 0.25) is 10.0 Å². The number of rotatable bonds is 6. The summed E-state index contributed by atoms with van der Waals surface area (Å²) in [6, 6.07) is 0.382. The number of aliphatic carboxylic acids is 1. The third-order valence-corrected chi connectivity index (χ3v) is 4.59. The third-order valence-electron chi connectivity index (χ3n) is 2.30. The topological polar surface area (TPSA) is 104 Å². The summed E-state index contributed by atoms with van der Waals surface area (Å²) in [6.07, 6.45) is -0.345. The highest BCUT2D eigenvalue weighted by Crippen LogP contribution is 2.29. The molecule has 1 atom stereocenters.